The van der Waals surface area contributed by atoms with Gasteiger partial charge in [-0.3, -0.25) is 4.72 Å². The van der Waals surface area contributed by atoms with Gasteiger partial charge in [0.1, 0.15) is 0 Å². The molecule has 0 aromatic heterocycles. The molecular formula is C15H12N2O4S. The average Bonchev–Trinajstić information content (AvgIpc) is 2.47. The molecule has 112 valence electrons. The van der Waals surface area contributed by atoms with Crippen molar-refractivity contribution < 1.29 is 18.3 Å². The van der Waals surface area contributed by atoms with Crippen LogP contribution in [0.25, 0.3) is 0 Å². The first-order valence-electron chi connectivity index (χ1n) is 6.20. The van der Waals surface area contributed by atoms with Gasteiger partial charge in [0.05, 0.1) is 27.8 Å². The zero-order chi connectivity index (χ0) is 16.3. The summed E-state index contributed by atoms with van der Waals surface area (Å²) in [7, 11) is -3.95. The smallest absolute Gasteiger partial charge is 0.335 e. The van der Waals surface area contributed by atoms with Crippen LogP contribution in [0.15, 0.2) is 47.4 Å². The number of carbonyl (C=O) groups is 1. The molecule has 0 fully saturated rings. The first-order valence-corrected chi connectivity index (χ1v) is 7.69. The fourth-order valence-electron chi connectivity index (χ4n) is 1.88. The van der Waals surface area contributed by atoms with E-state index in [9.17, 15) is 13.2 Å². The number of rotatable bonds is 4. The van der Waals surface area contributed by atoms with Crippen molar-refractivity contribution in [3.05, 3.63) is 59.2 Å². The van der Waals surface area contributed by atoms with E-state index in [0.717, 1.165) is 6.07 Å². The molecule has 0 heterocycles. The summed E-state index contributed by atoms with van der Waals surface area (Å²) in [5.41, 5.74) is 0.862. The molecule has 2 rings (SSSR count). The van der Waals surface area contributed by atoms with Crippen molar-refractivity contribution in [3.8, 4) is 6.07 Å². The number of nitriles is 1. The van der Waals surface area contributed by atoms with E-state index < -0.39 is 16.0 Å². The van der Waals surface area contributed by atoms with Gasteiger partial charge in [0.25, 0.3) is 10.0 Å². The van der Waals surface area contributed by atoms with E-state index in [1.807, 2.05) is 6.07 Å². The molecule has 0 aliphatic carbocycles. The van der Waals surface area contributed by atoms with Crippen molar-refractivity contribution >= 4 is 21.7 Å². The number of aryl methyl sites for hydroxylation is 1. The summed E-state index contributed by atoms with van der Waals surface area (Å²) in [6, 6.07) is 11.8. The predicted octanol–water partition coefficient (Wildman–Crippen LogP) is 2.37. The number of aromatic carboxylic acids is 1. The van der Waals surface area contributed by atoms with Crippen molar-refractivity contribution in [1.29, 1.82) is 5.26 Å². The second-order valence-electron chi connectivity index (χ2n) is 4.58. The molecule has 0 unspecified atom stereocenters. The van der Waals surface area contributed by atoms with Gasteiger partial charge in [0.2, 0.25) is 0 Å². The Balaban J connectivity index is 2.44. The number of sulfonamides is 1. The maximum atomic E-state index is 12.4. The number of anilines is 1. The van der Waals surface area contributed by atoms with Crippen LogP contribution in [0.4, 0.5) is 5.69 Å². The topological polar surface area (TPSA) is 107 Å². The van der Waals surface area contributed by atoms with Gasteiger partial charge < -0.3 is 5.11 Å². The number of carboxylic acid groups (broad SMARTS) is 1. The van der Waals surface area contributed by atoms with Crippen LogP contribution in [0.1, 0.15) is 21.5 Å². The zero-order valence-electron chi connectivity index (χ0n) is 11.6. The van der Waals surface area contributed by atoms with Gasteiger partial charge in [-0.2, -0.15) is 5.26 Å². The van der Waals surface area contributed by atoms with Crippen molar-refractivity contribution in [2.75, 3.05) is 4.72 Å². The Morgan fingerprint density at radius 2 is 1.95 bits per heavy atom. The average molecular weight is 316 g/mol. The standard InChI is InChI=1S/C15H12N2O4S/c1-10-5-6-12(15(18)19)8-14(10)22(20,21)17-13-4-2-3-11(7-13)9-16/h2-8,17H,1H3,(H,18,19). The molecule has 6 nitrogen and oxygen atoms in total. The first kappa shape index (κ1) is 15.5. The Bertz CT molecular complexity index is 883. The lowest BCUT2D eigenvalue weighted by molar-refractivity contribution is 0.0696. The third kappa shape index (κ3) is 3.24. The monoisotopic (exact) mass is 316 g/mol. The van der Waals surface area contributed by atoms with E-state index in [1.165, 1.54) is 24.3 Å². The molecule has 2 aromatic carbocycles. The summed E-state index contributed by atoms with van der Waals surface area (Å²) in [5, 5.41) is 17.8. The van der Waals surface area contributed by atoms with Gasteiger partial charge in [-0.25, -0.2) is 13.2 Å². The van der Waals surface area contributed by atoms with E-state index in [-0.39, 0.29) is 16.1 Å². The Morgan fingerprint density at radius 1 is 1.23 bits per heavy atom. The van der Waals surface area contributed by atoms with E-state index in [0.29, 0.717) is 11.1 Å². The SMILES string of the molecule is Cc1ccc(C(=O)O)cc1S(=O)(=O)Nc1cccc(C#N)c1. The van der Waals surface area contributed by atoms with Gasteiger partial charge in [0.15, 0.2) is 0 Å². The van der Waals surface area contributed by atoms with E-state index >= 15 is 0 Å². The van der Waals surface area contributed by atoms with Gasteiger partial charge in [-0.05, 0) is 42.8 Å². The van der Waals surface area contributed by atoms with Crippen molar-refractivity contribution in [2.45, 2.75) is 11.8 Å². The van der Waals surface area contributed by atoms with Gasteiger partial charge in [-0.1, -0.05) is 12.1 Å². The maximum absolute atomic E-state index is 12.4. The van der Waals surface area contributed by atoms with Crippen molar-refractivity contribution in [1.82, 2.24) is 0 Å². The van der Waals surface area contributed by atoms with Crippen LogP contribution >= 0.6 is 0 Å². The molecule has 0 aliphatic rings. The van der Waals surface area contributed by atoms with Gasteiger partial charge in [0, 0.05) is 0 Å². The summed E-state index contributed by atoms with van der Waals surface area (Å²) in [5.74, 6) is -1.21. The van der Waals surface area contributed by atoms with Crippen LogP contribution in [0.3, 0.4) is 0 Å². The quantitative estimate of drug-likeness (QED) is 0.900. The van der Waals surface area contributed by atoms with E-state index in [1.54, 1.807) is 19.1 Å². The molecule has 7 heteroatoms. The number of hydrogen-bond donors (Lipinski definition) is 2. The highest BCUT2D eigenvalue weighted by Gasteiger charge is 2.19. The highest BCUT2D eigenvalue weighted by Crippen LogP contribution is 2.21. The van der Waals surface area contributed by atoms with Crippen molar-refractivity contribution in [2.24, 2.45) is 0 Å². The maximum Gasteiger partial charge on any atom is 0.335 e. The fraction of sp³-hybridized carbons (Fsp3) is 0.0667. The summed E-state index contributed by atoms with van der Waals surface area (Å²) in [6.45, 7) is 1.58. The van der Waals surface area contributed by atoms with Gasteiger partial charge in [-0.15, -0.1) is 0 Å². The second-order valence-corrected chi connectivity index (χ2v) is 6.23. The molecule has 0 spiro atoms. The molecule has 0 bridgehead atoms. The van der Waals surface area contributed by atoms with Crippen LogP contribution in [0.5, 0.6) is 0 Å². The van der Waals surface area contributed by atoms with Crippen LogP contribution in [0, 0.1) is 18.3 Å². The molecule has 2 N–H and O–H groups in total. The number of benzene rings is 2. The largest absolute Gasteiger partial charge is 0.478 e. The Hall–Kier alpha value is -2.85. The minimum absolute atomic E-state index is 0.114. The minimum atomic E-state index is -3.95. The van der Waals surface area contributed by atoms with Gasteiger partial charge >= 0.3 is 5.97 Å². The zero-order valence-corrected chi connectivity index (χ0v) is 12.4. The van der Waals surface area contributed by atoms with Crippen molar-refractivity contribution in [3.63, 3.8) is 0 Å². The summed E-state index contributed by atoms with van der Waals surface area (Å²) in [4.78, 5) is 10.9. The molecular weight excluding hydrogens is 304 g/mol. The fourth-order valence-corrected chi connectivity index (χ4v) is 3.21. The van der Waals surface area contributed by atoms with Crippen LogP contribution in [-0.2, 0) is 10.0 Å². The molecule has 0 saturated heterocycles. The molecule has 0 saturated carbocycles. The first-order chi connectivity index (χ1) is 10.3. The Kier molecular flexibility index (Phi) is 4.15. The minimum Gasteiger partial charge on any atom is -0.478 e. The highest BCUT2D eigenvalue weighted by molar-refractivity contribution is 7.92. The predicted molar refractivity (Wildman–Crippen MR) is 80.1 cm³/mol. The summed E-state index contributed by atoms with van der Waals surface area (Å²) in [6.07, 6.45) is 0. The second kappa shape index (κ2) is 5.87. The molecule has 2 aromatic rings. The number of nitrogens with one attached hydrogen (secondary N) is 1. The molecule has 0 aliphatic heterocycles. The van der Waals surface area contributed by atoms with Crippen LogP contribution in [-0.4, -0.2) is 19.5 Å². The van der Waals surface area contributed by atoms with E-state index in [2.05, 4.69) is 4.72 Å². The van der Waals surface area contributed by atoms with Crippen LogP contribution < -0.4 is 4.72 Å². The number of hydrogen-bond acceptors (Lipinski definition) is 4. The third-order valence-electron chi connectivity index (χ3n) is 2.97. The summed E-state index contributed by atoms with van der Waals surface area (Å²) >= 11 is 0. The highest BCUT2D eigenvalue weighted by atomic mass is 32.2. The number of carboxylic acids is 1. The summed E-state index contributed by atoms with van der Waals surface area (Å²) < 4.78 is 27.2. The Morgan fingerprint density at radius 3 is 2.59 bits per heavy atom. The molecule has 0 radical (unpaired) electrons. The lowest BCUT2D eigenvalue weighted by atomic mass is 10.1. The molecule has 0 amide bonds. The normalized spacial score (nSPS) is 10.7. The van der Waals surface area contributed by atoms with Crippen LogP contribution in [0.2, 0.25) is 0 Å². The lowest BCUT2D eigenvalue weighted by Crippen LogP contribution is -2.15. The molecule has 0 atom stereocenters. The Labute approximate surface area is 127 Å². The molecule has 22 heavy (non-hydrogen) atoms. The number of nitrogens with zero attached hydrogens (tertiary/aromatic N) is 1. The third-order valence-corrected chi connectivity index (χ3v) is 4.49. The van der Waals surface area contributed by atoms with E-state index in [4.69, 9.17) is 10.4 Å². The lowest BCUT2D eigenvalue weighted by Gasteiger charge is -2.11.